The van der Waals surface area contributed by atoms with Gasteiger partial charge in [-0.05, 0) is 24.6 Å². The molecule has 0 aromatic heterocycles. The maximum Gasteiger partial charge on any atom is 0.123 e. The molecule has 74 valence electrons. The van der Waals surface area contributed by atoms with E-state index < -0.39 is 0 Å². The van der Waals surface area contributed by atoms with Gasteiger partial charge in [0.25, 0.3) is 0 Å². The molecular weight excluding hydrogens is 263 g/mol. The van der Waals surface area contributed by atoms with E-state index >= 15 is 0 Å². The second kappa shape index (κ2) is 5.27. The smallest absolute Gasteiger partial charge is 0.123 e. The summed E-state index contributed by atoms with van der Waals surface area (Å²) in [5.74, 6) is 0.335. The summed E-state index contributed by atoms with van der Waals surface area (Å²) in [6.45, 7) is 2.02. The Hall–Kier alpha value is -0.877. The van der Waals surface area contributed by atoms with E-state index in [1.165, 1.54) is 0 Å². The van der Waals surface area contributed by atoms with Crippen molar-refractivity contribution < 1.29 is 31.3 Å². The van der Waals surface area contributed by atoms with Crippen LogP contribution in [0.5, 0.6) is 5.75 Å². The fraction of sp³-hybridized carbons (Fsp3) is 0.0769. The molecule has 0 fully saturated rings. The van der Waals surface area contributed by atoms with E-state index in [1.807, 2.05) is 49.4 Å². The predicted octanol–water partition coefficient (Wildman–Crippen LogP) is 3.37. The summed E-state index contributed by atoms with van der Waals surface area (Å²) in [6, 6.07) is 15.5. The number of aromatic hydroxyl groups is 1. The SMILES string of the molecule is Cc1ccc(O)c(-c2ccccc2)c1.[Zr]. The molecule has 15 heavy (non-hydrogen) atoms. The molecule has 0 saturated heterocycles. The van der Waals surface area contributed by atoms with Crippen LogP contribution in [0, 0.1) is 6.92 Å². The number of rotatable bonds is 1. The van der Waals surface area contributed by atoms with Gasteiger partial charge in [-0.2, -0.15) is 0 Å². The van der Waals surface area contributed by atoms with Crippen LogP contribution in [0.25, 0.3) is 11.1 Å². The molecule has 0 aliphatic carbocycles. The Kier molecular flexibility index (Phi) is 4.29. The molecule has 0 atom stereocenters. The first-order chi connectivity index (χ1) is 6.77. The standard InChI is InChI=1S/C13H12O.Zr/c1-10-7-8-13(14)12(9-10)11-5-3-2-4-6-11;/h2-9,14H,1H3;. The van der Waals surface area contributed by atoms with Gasteiger partial charge in [0.15, 0.2) is 0 Å². The Labute approximate surface area is 109 Å². The summed E-state index contributed by atoms with van der Waals surface area (Å²) < 4.78 is 0. The molecule has 0 spiro atoms. The van der Waals surface area contributed by atoms with Crippen molar-refractivity contribution in [3.05, 3.63) is 54.1 Å². The van der Waals surface area contributed by atoms with Gasteiger partial charge in [-0.15, -0.1) is 0 Å². The number of hydrogen-bond acceptors (Lipinski definition) is 1. The van der Waals surface area contributed by atoms with E-state index in [-0.39, 0.29) is 26.2 Å². The van der Waals surface area contributed by atoms with Crippen LogP contribution in [0.2, 0.25) is 0 Å². The van der Waals surface area contributed by atoms with Gasteiger partial charge >= 0.3 is 0 Å². The van der Waals surface area contributed by atoms with Crippen LogP contribution in [0.3, 0.4) is 0 Å². The van der Waals surface area contributed by atoms with Gasteiger partial charge < -0.3 is 5.11 Å². The van der Waals surface area contributed by atoms with Gasteiger partial charge in [-0.3, -0.25) is 0 Å². The predicted molar refractivity (Wildman–Crippen MR) is 58.3 cm³/mol. The Morgan fingerprint density at radius 3 is 2.27 bits per heavy atom. The van der Waals surface area contributed by atoms with Gasteiger partial charge in [-0.25, -0.2) is 0 Å². The van der Waals surface area contributed by atoms with Crippen LogP contribution in [-0.2, 0) is 26.2 Å². The fourth-order valence-corrected chi connectivity index (χ4v) is 1.50. The number of phenols is 1. The van der Waals surface area contributed by atoms with Crippen molar-refractivity contribution >= 4 is 0 Å². The Balaban J connectivity index is 0.00000112. The van der Waals surface area contributed by atoms with Gasteiger partial charge in [0.1, 0.15) is 5.75 Å². The molecule has 0 aliphatic heterocycles. The van der Waals surface area contributed by atoms with E-state index in [0.29, 0.717) is 5.75 Å². The molecule has 1 nitrogen and oxygen atoms in total. The van der Waals surface area contributed by atoms with Crippen LogP contribution < -0.4 is 0 Å². The van der Waals surface area contributed by atoms with Crippen molar-refractivity contribution in [2.75, 3.05) is 0 Å². The quantitative estimate of drug-likeness (QED) is 0.846. The van der Waals surface area contributed by atoms with E-state index in [2.05, 4.69) is 0 Å². The second-order valence-corrected chi connectivity index (χ2v) is 3.39. The molecule has 2 aromatic rings. The molecule has 2 rings (SSSR count). The third-order valence-corrected chi connectivity index (χ3v) is 2.24. The van der Waals surface area contributed by atoms with Gasteiger partial charge in [-0.1, -0.05) is 42.0 Å². The number of phenolic OH excluding ortho intramolecular Hbond substituents is 1. The molecule has 0 radical (unpaired) electrons. The Morgan fingerprint density at radius 2 is 1.60 bits per heavy atom. The molecule has 0 bridgehead atoms. The van der Waals surface area contributed by atoms with Gasteiger partial charge in [0, 0.05) is 31.8 Å². The van der Waals surface area contributed by atoms with Crippen LogP contribution >= 0.6 is 0 Å². The van der Waals surface area contributed by atoms with E-state index in [4.69, 9.17) is 0 Å². The van der Waals surface area contributed by atoms with E-state index in [9.17, 15) is 5.11 Å². The summed E-state index contributed by atoms with van der Waals surface area (Å²) >= 11 is 0. The summed E-state index contributed by atoms with van der Waals surface area (Å²) in [4.78, 5) is 0. The van der Waals surface area contributed by atoms with Crippen molar-refractivity contribution in [2.45, 2.75) is 6.92 Å². The minimum absolute atomic E-state index is 0. The Bertz CT molecular complexity index is 438. The summed E-state index contributed by atoms with van der Waals surface area (Å²) in [7, 11) is 0. The van der Waals surface area contributed by atoms with Crippen molar-refractivity contribution in [3.8, 4) is 16.9 Å². The van der Waals surface area contributed by atoms with E-state index in [1.54, 1.807) is 6.07 Å². The van der Waals surface area contributed by atoms with Crippen LogP contribution in [0.1, 0.15) is 5.56 Å². The number of aryl methyl sites for hydroxylation is 1. The van der Waals surface area contributed by atoms with Crippen LogP contribution in [0.15, 0.2) is 48.5 Å². The van der Waals surface area contributed by atoms with Crippen molar-refractivity contribution in [3.63, 3.8) is 0 Å². The van der Waals surface area contributed by atoms with Crippen molar-refractivity contribution in [1.82, 2.24) is 0 Å². The minimum Gasteiger partial charge on any atom is -0.507 e. The first kappa shape index (κ1) is 12.2. The number of hydrogen-bond donors (Lipinski definition) is 1. The third kappa shape index (κ3) is 2.79. The first-order valence-electron chi connectivity index (χ1n) is 4.62. The zero-order chi connectivity index (χ0) is 9.97. The molecular formula is C13H12OZr. The molecule has 2 heteroatoms. The summed E-state index contributed by atoms with van der Waals surface area (Å²) in [5, 5.41) is 9.69. The van der Waals surface area contributed by atoms with Crippen molar-refractivity contribution in [1.29, 1.82) is 0 Å². The summed E-state index contributed by atoms with van der Waals surface area (Å²) in [6.07, 6.45) is 0. The van der Waals surface area contributed by atoms with Gasteiger partial charge in [0.2, 0.25) is 0 Å². The van der Waals surface area contributed by atoms with Crippen LogP contribution in [0.4, 0.5) is 0 Å². The molecule has 2 aromatic carbocycles. The topological polar surface area (TPSA) is 20.2 Å². The molecule has 0 aliphatic rings. The normalized spacial score (nSPS) is 9.40. The molecule has 1 N–H and O–H groups in total. The largest absolute Gasteiger partial charge is 0.507 e. The maximum absolute atomic E-state index is 9.69. The Morgan fingerprint density at radius 1 is 0.933 bits per heavy atom. The zero-order valence-electron chi connectivity index (χ0n) is 8.57. The minimum atomic E-state index is 0. The fourth-order valence-electron chi connectivity index (χ4n) is 1.50. The molecule has 0 heterocycles. The molecule has 0 amide bonds. The average molecular weight is 275 g/mol. The first-order valence-corrected chi connectivity index (χ1v) is 4.62. The average Bonchev–Trinajstić information content (AvgIpc) is 2.23. The van der Waals surface area contributed by atoms with E-state index in [0.717, 1.165) is 16.7 Å². The second-order valence-electron chi connectivity index (χ2n) is 3.39. The van der Waals surface area contributed by atoms with Crippen LogP contribution in [-0.4, -0.2) is 5.11 Å². The molecule has 0 unspecified atom stereocenters. The zero-order valence-corrected chi connectivity index (χ0v) is 11.0. The third-order valence-electron chi connectivity index (χ3n) is 2.24. The van der Waals surface area contributed by atoms with Gasteiger partial charge in [0.05, 0.1) is 0 Å². The molecule has 0 saturated carbocycles. The van der Waals surface area contributed by atoms with Crippen molar-refractivity contribution in [2.24, 2.45) is 0 Å². The summed E-state index contributed by atoms with van der Waals surface area (Å²) in [5.41, 5.74) is 3.10. The number of benzene rings is 2. The maximum atomic E-state index is 9.69. The monoisotopic (exact) mass is 274 g/mol.